The third kappa shape index (κ3) is 2.92. The van der Waals surface area contributed by atoms with E-state index in [1.165, 1.54) is 0 Å². The molecule has 0 bridgehead atoms. The van der Waals surface area contributed by atoms with E-state index in [0.29, 0.717) is 0 Å². The minimum absolute atomic E-state index is 0.202. The monoisotopic (exact) mass is 243 g/mol. The van der Waals surface area contributed by atoms with Gasteiger partial charge in [0.1, 0.15) is 5.75 Å². The maximum absolute atomic E-state index is 5.61. The lowest BCUT2D eigenvalue weighted by atomic mass is 10.3. The second-order valence-corrected chi connectivity index (χ2v) is 3.97. The second-order valence-electron chi connectivity index (χ2n) is 3.06. The Labute approximate surface area is 87.4 Å². The molecule has 1 aromatic rings. The van der Waals surface area contributed by atoms with E-state index in [1.807, 2.05) is 39.1 Å². The lowest BCUT2D eigenvalue weighted by Crippen LogP contribution is -2.07. The van der Waals surface area contributed by atoms with Crippen molar-refractivity contribution in [2.24, 2.45) is 0 Å². The zero-order valence-corrected chi connectivity index (χ0v) is 9.68. The van der Waals surface area contributed by atoms with Crippen molar-refractivity contribution >= 4 is 21.6 Å². The Kier molecular flexibility index (Phi) is 3.60. The summed E-state index contributed by atoms with van der Waals surface area (Å²) in [5.74, 6) is 0.890. The Hall–Kier alpha value is -0.700. The lowest BCUT2D eigenvalue weighted by molar-refractivity contribution is 0.243. The standard InChI is InChI=1S/C10H14BrNO/c1-7(2)13-10-5-4-8(11)6-9(10)12-3/h4-7,12H,1-3H3. The molecular formula is C10H14BrNO. The first-order valence-corrected chi connectivity index (χ1v) is 5.06. The molecule has 0 radical (unpaired) electrons. The molecule has 0 unspecified atom stereocenters. The Balaban J connectivity index is 2.92. The summed E-state index contributed by atoms with van der Waals surface area (Å²) in [4.78, 5) is 0. The van der Waals surface area contributed by atoms with E-state index in [2.05, 4.69) is 21.2 Å². The molecule has 1 rings (SSSR count). The molecule has 0 saturated carbocycles. The molecule has 0 aliphatic heterocycles. The van der Waals surface area contributed by atoms with Crippen molar-refractivity contribution in [3.8, 4) is 5.75 Å². The van der Waals surface area contributed by atoms with E-state index in [0.717, 1.165) is 15.9 Å². The van der Waals surface area contributed by atoms with Crippen LogP contribution in [0.3, 0.4) is 0 Å². The number of halogens is 1. The number of rotatable bonds is 3. The summed E-state index contributed by atoms with van der Waals surface area (Å²) in [5, 5.41) is 3.09. The molecule has 72 valence electrons. The zero-order chi connectivity index (χ0) is 9.84. The normalized spacial score (nSPS) is 10.2. The Morgan fingerprint density at radius 3 is 2.62 bits per heavy atom. The van der Waals surface area contributed by atoms with Crippen LogP contribution < -0.4 is 10.1 Å². The van der Waals surface area contributed by atoms with Gasteiger partial charge in [0.2, 0.25) is 0 Å². The van der Waals surface area contributed by atoms with Crippen LogP contribution in [0.2, 0.25) is 0 Å². The number of hydrogen-bond acceptors (Lipinski definition) is 2. The van der Waals surface area contributed by atoms with Gasteiger partial charge in [0.15, 0.2) is 0 Å². The van der Waals surface area contributed by atoms with Crippen LogP contribution >= 0.6 is 15.9 Å². The first-order chi connectivity index (χ1) is 6.13. The van der Waals surface area contributed by atoms with E-state index in [-0.39, 0.29) is 6.10 Å². The van der Waals surface area contributed by atoms with Crippen molar-refractivity contribution in [2.45, 2.75) is 20.0 Å². The van der Waals surface area contributed by atoms with Crippen LogP contribution in [0.25, 0.3) is 0 Å². The quantitative estimate of drug-likeness (QED) is 0.880. The van der Waals surface area contributed by atoms with E-state index in [4.69, 9.17) is 4.74 Å². The third-order valence-electron chi connectivity index (χ3n) is 1.57. The van der Waals surface area contributed by atoms with Gasteiger partial charge in [0.25, 0.3) is 0 Å². The van der Waals surface area contributed by atoms with Crippen molar-refractivity contribution in [2.75, 3.05) is 12.4 Å². The first-order valence-electron chi connectivity index (χ1n) is 4.27. The van der Waals surface area contributed by atoms with Gasteiger partial charge in [-0.1, -0.05) is 15.9 Å². The van der Waals surface area contributed by atoms with Crippen molar-refractivity contribution in [1.82, 2.24) is 0 Å². The number of anilines is 1. The number of ether oxygens (including phenoxy) is 1. The molecule has 3 heteroatoms. The highest BCUT2D eigenvalue weighted by Gasteiger charge is 2.03. The summed E-state index contributed by atoms with van der Waals surface area (Å²) in [6.45, 7) is 4.03. The van der Waals surface area contributed by atoms with Gasteiger partial charge >= 0.3 is 0 Å². The average Bonchev–Trinajstić information content (AvgIpc) is 2.07. The molecule has 0 heterocycles. The largest absolute Gasteiger partial charge is 0.489 e. The van der Waals surface area contributed by atoms with Gasteiger partial charge in [-0.25, -0.2) is 0 Å². The topological polar surface area (TPSA) is 21.3 Å². The van der Waals surface area contributed by atoms with Gasteiger partial charge in [-0.15, -0.1) is 0 Å². The van der Waals surface area contributed by atoms with Crippen LogP contribution in [-0.2, 0) is 0 Å². The van der Waals surface area contributed by atoms with Crippen LogP contribution in [0.5, 0.6) is 5.75 Å². The fourth-order valence-corrected chi connectivity index (χ4v) is 1.42. The van der Waals surface area contributed by atoms with Crippen molar-refractivity contribution < 1.29 is 4.74 Å². The molecule has 0 spiro atoms. The minimum atomic E-state index is 0.202. The maximum Gasteiger partial charge on any atom is 0.142 e. The summed E-state index contributed by atoms with van der Waals surface area (Å²) >= 11 is 3.41. The van der Waals surface area contributed by atoms with E-state index in [1.54, 1.807) is 0 Å². The fourth-order valence-electron chi connectivity index (χ4n) is 1.05. The zero-order valence-electron chi connectivity index (χ0n) is 8.10. The van der Waals surface area contributed by atoms with Crippen LogP contribution in [0.1, 0.15) is 13.8 Å². The van der Waals surface area contributed by atoms with Gasteiger partial charge in [-0.2, -0.15) is 0 Å². The van der Waals surface area contributed by atoms with Crippen LogP contribution in [0, 0.1) is 0 Å². The molecule has 0 fully saturated rings. The predicted molar refractivity (Wildman–Crippen MR) is 59.5 cm³/mol. The Morgan fingerprint density at radius 1 is 1.38 bits per heavy atom. The van der Waals surface area contributed by atoms with Crippen molar-refractivity contribution in [3.63, 3.8) is 0 Å². The summed E-state index contributed by atoms with van der Waals surface area (Å²) in [6.07, 6.45) is 0.202. The highest BCUT2D eigenvalue weighted by molar-refractivity contribution is 9.10. The molecule has 0 saturated heterocycles. The first kappa shape index (κ1) is 10.4. The molecule has 13 heavy (non-hydrogen) atoms. The number of benzene rings is 1. The van der Waals surface area contributed by atoms with Crippen LogP contribution in [-0.4, -0.2) is 13.2 Å². The third-order valence-corrected chi connectivity index (χ3v) is 2.07. The molecule has 1 aromatic carbocycles. The Bertz CT molecular complexity index is 286. The maximum atomic E-state index is 5.61. The summed E-state index contributed by atoms with van der Waals surface area (Å²) < 4.78 is 6.66. The van der Waals surface area contributed by atoms with E-state index in [9.17, 15) is 0 Å². The Morgan fingerprint density at radius 2 is 2.08 bits per heavy atom. The molecule has 0 amide bonds. The average molecular weight is 244 g/mol. The molecule has 0 atom stereocenters. The van der Waals surface area contributed by atoms with Gasteiger partial charge in [0, 0.05) is 11.5 Å². The van der Waals surface area contributed by atoms with Gasteiger partial charge < -0.3 is 10.1 Å². The van der Waals surface area contributed by atoms with Crippen molar-refractivity contribution in [3.05, 3.63) is 22.7 Å². The fraction of sp³-hybridized carbons (Fsp3) is 0.400. The smallest absolute Gasteiger partial charge is 0.142 e. The summed E-state index contributed by atoms with van der Waals surface area (Å²) in [5.41, 5.74) is 1.00. The van der Waals surface area contributed by atoms with Crippen LogP contribution in [0.4, 0.5) is 5.69 Å². The van der Waals surface area contributed by atoms with E-state index < -0.39 is 0 Å². The SMILES string of the molecule is CNc1cc(Br)ccc1OC(C)C. The summed E-state index contributed by atoms with van der Waals surface area (Å²) in [7, 11) is 1.88. The van der Waals surface area contributed by atoms with Gasteiger partial charge in [-0.3, -0.25) is 0 Å². The highest BCUT2D eigenvalue weighted by atomic mass is 79.9. The highest BCUT2D eigenvalue weighted by Crippen LogP contribution is 2.28. The summed E-state index contributed by atoms with van der Waals surface area (Å²) in [6, 6.07) is 5.92. The molecular weight excluding hydrogens is 230 g/mol. The molecule has 0 aromatic heterocycles. The lowest BCUT2D eigenvalue weighted by Gasteiger charge is -2.13. The van der Waals surface area contributed by atoms with Crippen LogP contribution in [0.15, 0.2) is 22.7 Å². The molecule has 0 aliphatic rings. The predicted octanol–water partition coefficient (Wildman–Crippen LogP) is 3.28. The van der Waals surface area contributed by atoms with Gasteiger partial charge in [-0.05, 0) is 32.0 Å². The second kappa shape index (κ2) is 4.51. The molecule has 1 N–H and O–H groups in total. The molecule has 0 aliphatic carbocycles. The van der Waals surface area contributed by atoms with E-state index >= 15 is 0 Å². The minimum Gasteiger partial charge on any atom is -0.489 e. The number of hydrogen-bond donors (Lipinski definition) is 1. The van der Waals surface area contributed by atoms with Gasteiger partial charge in [0.05, 0.1) is 11.8 Å². The molecule has 2 nitrogen and oxygen atoms in total. The van der Waals surface area contributed by atoms with Crippen molar-refractivity contribution in [1.29, 1.82) is 0 Å². The number of nitrogens with one attached hydrogen (secondary N) is 1.